The summed E-state index contributed by atoms with van der Waals surface area (Å²) >= 11 is 0. The number of ether oxygens (including phenoxy) is 1. The van der Waals surface area contributed by atoms with Crippen LogP contribution in [0.3, 0.4) is 0 Å². The van der Waals surface area contributed by atoms with Gasteiger partial charge in [0.15, 0.2) is 0 Å². The van der Waals surface area contributed by atoms with Crippen LogP contribution in [0, 0.1) is 0 Å². The van der Waals surface area contributed by atoms with Gasteiger partial charge in [-0.05, 0) is 20.2 Å². The van der Waals surface area contributed by atoms with Crippen molar-refractivity contribution in [3.63, 3.8) is 0 Å². The van der Waals surface area contributed by atoms with Crippen molar-refractivity contribution in [1.82, 2.24) is 4.90 Å². The summed E-state index contributed by atoms with van der Waals surface area (Å²) in [5.41, 5.74) is -0.0400. The third-order valence-corrected chi connectivity index (χ3v) is 2.17. The van der Waals surface area contributed by atoms with Crippen molar-refractivity contribution in [2.45, 2.75) is 6.54 Å². The fourth-order valence-electron chi connectivity index (χ4n) is 1.47. The Bertz CT molecular complexity index is 366. The van der Waals surface area contributed by atoms with Gasteiger partial charge in [-0.2, -0.15) is 0 Å². The molecule has 0 radical (unpaired) electrons. The maximum Gasteiger partial charge on any atom is 0.509 e. The van der Waals surface area contributed by atoms with E-state index in [2.05, 4.69) is 0 Å². The Labute approximate surface area is 93.1 Å². The first-order valence-electron chi connectivity index (χ1n) is 4.86. The normalized spacial score (nSPS) is 11.9. The molecule has 2 nitrogen and oxygen atoms in total. The highest BCUT2D eigenvalue weighted by Gasteiger charge is 2.26. The van der Waals surface area contributed by atoms with Crippen LogP contribution in [0.25, 0.3) is 0 Å². The van der Waals surface area contributed by atoms with Crippen molar-refractivity contribution in [1.29, 1.82) is 0 Å². The zero-order valence-corrected chi connectivity index (χ0v) is 9.51. The fourth-order valence-corrected chi connectivity index (χ4v) is 1.47. The molecule has 1 aromatic carbocycles. The number of nitrogens with zero attached hydrogens (tertiary/aromatic N) is 1. The van der Waals surface area contributed by atoms with Gasteiger partial charge in [-0.15, -0.1) is 5.46 Å². The lowest BCUT2D eigenvalue weighted by Gasteiger charge is -2.19. The molecule has 0 atom stereocenters. The minimum Gasteiger partial charge on any atom is -0.496 e. The highest BCUT2D eigenvalue weighted by atomic mass is 19.4. The SMILES string of the molecule is COc1ccc([B-](F)(F)F)cc1CN(C)C. The van der Waals surface area contributed by atoms with E-state index in [1.165, 1.54) is 13.2 Å². The number of hydrogen-bond acceptors (Lipinski definition) is 2. The molecule has 90 valence electrons. The van der Waals surface area contributed by atoms with Crippen LogP contribution in [0.5, 0.6) is 5.75 Å². The van der Waals surface area contributed by atoms with Crippen molar-refractivity contribution in [3.05, 3.63) is 23.8 Å². The molecule has 1 aromatic rings. The standard InChI is InChI=1S/C10H14BF3NO/c1-15(2)7-8-6-9(11(12,13)14)4-5-10(8)16-3/h4-6H,7H2,1-3H3/q-1. The van der Waals surface area contributed by atoms with Crippen molar-refractivity contribution in [3.8, 4) is 5.75 Å². The van der Waals surface area contributed by atoms with Crippen LogP contribution in [-0.4, -0.2) is 33.1 Å². The summed E-state index contributed by atoms with van der Waals surface area (Å²) in [6.07, 6.45) is 0. The molecule has 0 unspecified atom stereocenters. The molecule has 0 saturated heterocycles. The van der Waals surface area contributed by atoms with E-state index >= 15 is 0 Å². The molecule has 0 spiro atoms. The van der Waals surface area contributed by atoms with E-state index in [1.807, 2.05) is 0 Å². The van der Waals surface area contributed by atoms with Gasteiger partial charge in [0.25, 0.3) is 0 Å². The van der Waals surface area contributed by atoms with Crippen LogP contribution in [0.2, 0.25) is 0 Å². The summed E-state index contributed by atoms with van der Waals surface area (Å²) in [6, 6.07) is 3.57. The van der Waals surface area contributed by atoms with Crippen molar-refractivity contribution < 1.29 is 17.7 Å². The van der Waals surface area contributed by atoms with Gasteiger partial charge >= 0.3 is 6.98 Å². The highest BCUT2D eigenvalue weighted by Crippen LogP contribution is 2.20. The predicted molar refractivity (Wildman–Crippen MR) is 59.1 cm³/mol. The van der Waals surface area contributed by atoms with Crippen LogP contribution >= 0.6 is 0 Å². The second-order valence-corrected chi connectivity index (χ2v) is 3.88. The minimum atomic E-state index is -4.95. The summed E-state index contributed by atoms with van der Waals surface area (Å²) < 4.78 is 42.7. The molecule has 16 heavy (non-hydrogen) atoms. The minimum absolute atomic E-state index is 0.420. The second-order valence-electron chi connectivity index (χ2n) is 3.88. The van der Waals surface area contributed by atoms with E-state index in [9.17, 15) is 12.9 Å². The molecule has 0 heterocycles. The third kappa shape index (κ3) is 3.16. The molecule has 6 heteroatoms. The molecule has 0 fully saturated rings. The van der Waals surface area contributed by atoms with E-state index in [-0.39, 0.29) is 0 Å². The molecule has 0 N–H and O–H groups in total. The van der Waals surface area contributed by atoms with Crippen LogP contribution < -0.4 is 10.2 Å². The molecule has 0 aliphatic carbocycles. The average Bonchev–Trinajstić information content (AvgIpc) is 2.15. The average molecular weight is 232 g/mol. The first kappa shape index (κ1) is 12.9. The Balaban J connectivity index is 3.11. The van der Waals surface area contributed by atoms with Crippen molar-refractivity contribution >= 4 is 12.4 Å². The summed E-state index contributed by atoms with van der Waals surface area (Å²) in [5, 5.41) is 0. The summed E-state index contributed by atoms with van der Waals surface area (Å²) in [4.78, 5) is 1.80. The molecule has 0 amide bonds. The zero-order chi connectivity index (χ0) is 12.3. The number of methoxy groups -OCH3 is 1. The molecule has 0 saturated carbocycles. The summed E-state index contributed by atoms with van der Waals surface area (Å²) in [5.74, 6) is 0.484. The summed E-state index contributed by atoms with van der Waals surface area (Å²) in [6.45, 7) is -4.53. The third-order valence-electron chi connectivity index (χ3n) is 2.17. The predicted octanol–water partition coefficient (Wildman–Crippen LogP) is 1.81. The van der Waals surface area contributed by atoms with E-state index in [1.54, 1.807) is 19.0 Å². The number of benzene rings is 1. The maximum atomic E-state index is 12.5. The topological polar surface area (TPSA) is 12.5 Å². The van der Waals surface area contributed by atoms with Gasteiger partial charge in [0.2, 0.25) is 0 Å². The summed E-state index contributed by atoms with van der Waals surface area (Å²) in [7, 11) is 5.04. The molecule has 0 bridgehead atoms. The fraction of sp³-hybridized carbons (Fsp3) is 0.400. The molecule has 0 aliphatic rings. The van der Waals surface area contributed by atoms with E-state index < -0.39 is 12.4 Å². The number of hydrogen-bond donors (Lipinski definition) is 0. The monoisotopic (exact) mass is 232 g/mol. The van der Waals surface area contributed by atoms with E-state index in [4.69, 9.17) is 4.74 Å². The van der Waals surface area contributed by atoms with Gasteiger partial charge in [0.1, 0.15) is 5.75 Å². The lowest BCUT2D eigenvalue weighted by atomic mass is 9.79. The number of halogens is 3. The molecule has 0 aliphatic heterocycles. The Morgan fingerprint density at radius 1 is 1.25 bits per heavy atom. The smallest absolute Gasteiger partial charge is 0.496 e. The van der Waals surface area contributed by atoms with Gasteiger partial charge in [0.05, 0.1) is 7.11 Å². The first-order valence-corrected chi connectivity index (χ1v) is 4.86. The van der Waals surface area contributed by atoms with E-state index in [0.717, 1.165) is 12.1 Å². The van der Waals surface area contributed by atoms with Crippen LogP contribution in [-0.2, 0) is 6.54 Å². The molecule has 1 rings (SSSR count). The van der Waals surface area contributed by atoms with Gasteiger partial charge in [-0.25, -0.2) is 0 Å². The zero-order valence-electron chi connectivity index (χ0n) is 9.51. The van der Waals surface area contributed by atoms with Gasteiger partial charge in [0, 0.05) is 12.1 Å². The Morgan fingerprint density at radius 3 is 2.31 bits per heavy atom. The Morgan fingerprint density at radius 2 is 1.88 bits per heavy atom. The first-order chi connectivity index (χ1) is 7.34. The van der Waals surface area contributed by atoms with E-state index in [0.29, 0.717) is 17.9 Å². The van der Waals surface area contributed by atoms with Gasteiger partial charge in [-0.1, -0.05) is 12.1 Å². The van der Waals surface area contributed by atoms with Gasteiger partial charge in [-0.3, -0.25) is 0 Å². The quantitative estimate of drug-likeness (QED) is 0.734. The lowest BCUT2D eigenvalue weighted by molar-refractivity contribution is 0.372. The highest BCUT2D eigenvalue weighted by molar-refractivity contribution is 6.73. The lowest BCUT2D eigenvalue weighted by Crippen LogP contribution is -2.34. The van der Waals surface area contributed by atoms with Gasteiger partial charge < -0.3 is 22.6 Å². The van der Waals surface area contributed by atoms with Crippen LogP contribution in [0.15, 0.2) is 18.2 Å². The Kier molecular flexibility index (Phi) is 3.85. The van der Waals surface area contributed by atoms with Crippen LogP contribution in [0.1, 0.15) is 5.56 Å². The second kappa shape index (κ2) is 4.78. The molecule has 0 aromatic heterocycles. The van der Waals surface area contributed by atoms with Crippen molar-refractivity contribution in [2.24, 2.45) is 0 Å². The Hall–Kier alpha value is -1.17. The maximum absolute atomic E-state index is 12.5. The molecular formula is C10H14BF3NO-. The number of rotatable bonds is 4. The molecular weight excluding hydrogens is 218 g/mol. The largest absolute Gasteiger partial charge is 0.509 e. The van der Waals surface area contributed by atoms with Crippen LogP contribution in [0.4, 0.5) is 12.9 Å². The van der Waals surface area contributed by atoms with Crippen molar-refractivity contribution in [2.75, 3.05) is 21.2 Å².